The molecular weight excluding hydrogens is 616 g/mol. The lowest BCUT2D eigenvalue weighted by molar-refractivity contribution is 0.0766. The molecule has 1 saturated heterocycles. The number of nitrogens with zero attached hydrogens (tertiary/aromatic N) is 5. The highest BCUT2D eigenvalue weighted by molar-refractivity contribution is 6.30. The van der Waals surface area contributed by atoms with Crippen LogP contribution in [0.25, 0.3) is 11.3 Å². The summed E-state index contributed by atoms with van der Waals surface area (Å²) in [7, 11) is 0. The predicted octanol–water partition coefficient (Wildman–Crippen LogP) is 5.96. The van der Waals surface area contributed by atoms with Gasteiger partial charge in [0.05, 0.1) is 12.3 Å². The Morgan fingerprint density at radius 2 is 1.60 bits per heavy atom. The second-order valence-electron chi connectivity index (χ2n) is 11.8. The van der Waals surface area contributed by atoms with E-state index in [1.807, 2.05) is 60.7 Å². The van der Waals surface area contributed by atoms with E-state index in [1.165, 1.54) is 5.56 Å². The van der Waals surface area contributed by atoms with Crippen LogP contribution in [-0.2, 0) is 37.4 Å². The van der Waals surface area contributed by atoms with Crippen molar-refractivity contribution in [3.8, 4) is 22.9 Å². The van der Waals surface area contributed by atoms with Crippen LogP contribution in [0.4, 0.5) is 11.8 Å². The van der Waals surface area contributed by atoms with Gasteiger partial charge < -0.3 is 29.4 Å². The lowest BCUT2D eigenvalue weighted by Crippen LogP contribution is -2.48. The van der Waals surface area contributed by atoms with E-state index in [9.17, 15) is 0 Å². The number of piperazine rings is 1. The Labute approximate surface area is 279 Å². The molecule has 3 aromatic carbocycles. The minimum absolute atomic E-state index is 0.298. The van der Waals surface area contributed by atoms with E-state index in [2.05, 4.69) is 27.1 Å². The number of rotatable bonds is 12. The van der Waals surface area contributed by atoms with Gasteiger partial charge in [0.1, 0.15) is 31.4 Å². The average molecular weight is 653 g/mol. The molecule has 3 heterocycles. The number of aromatic nitrogens is 3. The van der Waals surface area contributed by atoms with Crippen LogP contribution in [0.1, 0.15) is 28.0 Å². The molecule has 1 fully saturated rings. The summed E-state index contributed by atoms with van der Waals surface area (Å²) in [5, 5.41) is 4.71. The second-order valence-corrected chi connectivity index (χ2v) is 12.2. The van der Waals surface area contributed by atoms with Crippen LogP contribution in [0.2, 0.25) is 5.02 Å². The van der Waals surface area contributed by atoms with Crippen molar-refractivity contribution in [3.63, 3.8) is 0 Å². The van der Waals surface area contributed by atoms with Gasteiger partial charge in [-0.15, -0.1) is 0 Å². The van der Waals surface area contributed by atoms with Gasteiger partial charge in [0.25, 0.3) is 5.88 Å². The smallest absolute Gasteiger partial charge is 0.254 e. The quantitative estimate of drug-likeness (QED) is 0.162. The van der Waals surface area contributed by atoms with Crippen molar-refractivity contribution in [1.29, 1.82) is 0 Å². The first-order valence-electron chi connectivity index (χ1n) is 15.9. The Morgan fingerprint density at radius 3 is 2.43 bits per heavy atom. The van der Waals surface area contributed by atoms with Crippen LogP contribution in [0.3, 0.4) is 0 Å². The summed E-state index contributed by atoms with van der Waals surface area (Å²) in [6, 6.07) is 25.7. The Hall–Kier alpha value is -4.64. The van der Waals surface area contributed by atoms with Gasteiger partial charge in [-0.1, -0.05) is 54.1 Å². The molecule has 1 aliphatic heterocycles. The van der Waals surface area contributed by atoms with Crippen molar-refractivity contribution in [2.24, 2.45) is 0 Å². The molecule has 0 atom stereocenters. The van der Waals surface area contributed by atoms with Crippen LogP contribution in [0.15, 0.2) is 83.4 Å². The molecule has 2 aliphatic rings. The van der Waals surface area contributed by atoms with Gasteiger partial charge in [-0.05, 0) is 65.0 Å². The molecule has 11 heteroatoms. The van der Waals surface area contributed by atoms with Crippen molar-refractivity contribution in [2.75, 3.05) is 50.0 Å². The van der Waals surface area contributed by atoms with E-state index in [4.69, 9.17) is 46.0 Å². The fourth-order valence-electron chi connectivity index (χ4n) is 6.02. The number of hydrogen-bond donors (Lipinski definition) is 1. The summed E-state index contributed by atoms with van der Waals surface area (Å²) in [6.07, 6.45) is 1.75. The first-order valence-corrected chi connectivity index (χ1v) is 16.3. The van der Waals surface area contributed by atoms with E-state index in [0.717, 1.165) is 85.1 Å². The number of nitrogens with two attached hydrogens (primary N) is 1. The molecule has 2 N–H and O–H groups in total. The Kier molecular flexibility index (Phi) is 9.50. The third kappa shape index (κ3) is 7.68. The maximum absolute atomic E-state index is 6.27. The van der Waals surface area contributed by atoms with Gasteiger partial charge in [-0.3, -0.25) is 4.90 Å². The number of hydrogen-bond acceptors (Lipinski definition) is 10. The van der Waals surface area contributed by atoms with Crippen LogP contribution in [0, 0.1) is 0 Å². The number of anilines is 2. The highest BCUT2D eigenvalue weighted by Gasteiger charge is 2.27. The van der Waals surface area contributed by atoms with Crippen LogP contribution < -0.4 is 20.1 Å². The molecule has 1 aliphatic carbocycles. The zero-order chi connectivity index (χ0) is 32.0. The molecule has 0 saturated carbocycles. The molecule has 7 rings (SSSR count). The molecule has 0 bridgehead atoms. The predicted molar refractivity (Wildman–Crippen MR) is 181 cm³/mol. The number of aryl methyl sites for hydroxylation is 1. The van der Waals surface area contributed by atoms with Crippen molar-refractivity contribution in [1.82, 2.24) is 20.0 Å². The number of nitrogen functional groups attached to an aromatic ring is 1. The minimum atomic E-state index is 0.298. The van der Waals surface area contributed by atoms with Crippen molar-refractivity contribution >= 4 is 23.4 Å². The van der Waals surface area contributed by atoms with Crippen LogP contribution >= 0.6 is 11.6 Å². The molecule has 0 amide bonds. The second kappa shape index (κ2) is 14.4. The van der Waals surface area contributed by atoms with E-state index in [0.29, 0.717) is 49.0 Å². The maximum atomic E-state index is 6.27. The fourth-order valence-corrected chi connectivity index (χ4v) is 6.15. The topological polar surface area (TPSA) is 112 Å². The van der Waals surface area contributed by atoms with Crippen molar-refractivity contribution in [3.05, 3.63) is 112 Å². The summed E-state index contributed by atoms with van der Waals surface area (Å²) < 4.78 is 23.1. The van der Waals surface area contributed by atoms with Gasteiger partial charge >= 0.3 is 0 Å². The number of halogens is 1. The van der Waals surface area contributed by atoms with Crippen molar-refractivity contribution in [2.45, 2.75) is 32.7 Å². The fraction of sp³-hybridized carbons (Fsp3) is 0.306. The molecule has 47 heavy (non-hydrogen) atoms. The van der Waals surface area contributed by atoms with Gasteiger partial charge in [0, 0.05) is 54.9 Å². The molecule has 242 valence electrons. The largest absolute Gasteiger partial charge is 0.489 e. The number of ether oxygens (including phenoxy) is 3. The Morgan fingerprint density at radius 1 is 0.809 bits per heavy atom. The van der Waals surface area contributed by atoms with Crippen LogP contribution in [-0.4, -0.2) is 59.4 Å². The summed E-state index contributed by atoms with van der Waals surface area (Å²) in [5.41, 5.74) is 12.8. The minimum Gasteiger partial charge on any atom is -0.489 e. The standard InChI is InChI=1S/C36H37ClN6O4/c37-28-9-6-26(7-10-28)22-45-29-11-13-31-27(20-29)8-12-32-34(31)39-36(38)40-35(32)43-16-14-42(15-17-43)18-19-44-24-30-21-33(41-47-30)46-23-25-4-2-1-3-5-25/h1-7,9-11,13,20-21H,8,12,14-19,22-24H2,(H2,38,39,40). The number of benzene rings is 3. The summed E-state index contributed by atoms with van der Waals surface area (Å²) in [6.45, 7) is 6.25. The lowest BCUT2D eigenvalue weighted by atomic mass is 9.88. The van der Waals surface area contributed by atoms with E-state index < -0.39 is 0 Å². The van der Waals surface area contributed by atoms with Crippen molar-refractivity contribution < 1.29 is 18.7 Å². The highest BCUT2D eigenvalue weighted by atomic mass is 35.5. The summed E-state index contributed by atoms with van der Waals surface area (Å²) in [5.74, 6) is 3.19. The zero-order valence-electron chi connectivity index (χ0n) is 26.1. The van der Waals surface area contributed by atoms with Crippen LogP contribution in [0.5, 0.6) is 11.6 Å². The molecule has 10 nitrogen and oxygen atoms in total. The average Bonchev–Trinajstić information content (AvgIpc) is 3.57. The molecule has 0 unspecified atom stereocenters. The SMILES string of the molecule is Nc1nc2c(c(N3CCN(CCOCc4cc(OCc5ccccc5)no4)CC3)n1)CCc1cc(OCc3ccc(Cl)cc3)ccc1-2. The third-order valence-electron chi connectivity index (χ3n) is 8.53. The molecule has 5 aromatic rings. The van der Waals surface area contributed by atoms with E-state index in [-0.39, 0.29) is 0 Å². The van der Waals surface area contributed by atoms with Gasteiger partial charge in [0.15, 0.2) is 5.76 Å². The van der Waals surface area contributed by atoms with E-state index in [1.54, 1.807) is 6.07 Å². The molecular formula is C36H37ClN6O4. The first kappa shape index (κ1) is 31.0. The van der Waals surface area contributed by atoms with Gasteiger partial charge in [-0.2, -0.15) is 4.98 Å². The molecule has 0 spiro atoms. The maximum Gasteiger partial charge on any atom is 0.254 e. The molecule has 0 radical (unpaired) electrons. The lowest BCUT2D eigenvalue weighted by Gasteiger charge is -2.37. The van der Waals surface area contributed by atoms with E-state index >= 15 is 0 Å². The summed E-state index contributed by atoms with van der Waals surface area (Å²) in [4.78, 5) is 14.2. The Bertz CT molecular complexity index is 1790. The highest BCUT2D eigenvalue weighted by Crippen LogP contribution is 2.38. The number of fused-ring (bicyclic) bond motifs is 3. The third-order valence-corrected chi connectivity index (χ3v) is 8.78. The normalized spacial score (nSPS) is 14.4. The zero-order valence-corrected chi connectivity index (χ0v) is 26.9. The Balaban J connectivity index is 0.896. The summed E-state index contributed by atoms with van der Waals surface area (Å²) >= 11 is 6.01. The van der Waals surface area contributed by atoms with Gasteiger partial charge in [-0.25, -0.2) is 4.98 Å². The van der Waals surface area contributed by atoms with Gasteiger partial charge in [0.2, 0.25) is 5.95 Å². The first-order chi connectivity index (χ1) is 23.1. The molecule has 2 aromatic heterocycles. The monoisotopic (exact) mass is 652 g/mol.